The highest BCUT2D eigenvalue weighted by Crippen LogP contribution is 2.16. The van der Waals surface area contributed by atoms with Gasteiger partial charge in [0.2, 0.25) is 0 Å². The quantitative estimate of drug-likeness (QED) is 0.753. The number of para-hydroxylation sites is 2. The van der Waals surface area contributed by atoms with Crippen LogP contribution in [0, 0.1) is 4.77 Å². The molecule has 22 heavy (non-hydrogen) atoms. The number of aromatic nitrogens is 2. The van der Waals surface area contributed by atoms with E-state index < -0.39 is 0 Å². The van der Waals surface area contributed by atoms with Gasteiger partial charge in [-0.25, -0.2) is 0 Å². The Morgan fingerprint density at radius 2 is 1.86 bits per heavy atom. The van der Waals surface area contributed by atoms with Crippen LogP contribution in [0.4, 0.5) is 0 Å². The summed E-state index contributed by atoms with van der Waals surface area (Å²) in [6.07, 6.45) is 0.958. The topological polar surface area (TPSA) is 43.4 Å². The molecule has 2 rings (SSSR count). The molecule has 0 fully saturated rings. The Morgan fingerprint density at radius 3 is 2.45 bits per heavy atom. The lowest BCUT2D eigenvalue weighted by molar-refractivity contribution is -0.894. The van der Waals surface area contributed by atoms with Crippen LogP contribution >= 0.6 is 12.2 Å². The zero-order chi connectivity index (χ0) is 16.1. The van der Waals surface area contributed by atoms with Crippen molar-refractivity contribution < 1.29 is 9.69 Å². The standard InChI is InChI=1S/C16H24N4OS/c1-4-10-17-15(21)11-18(3)12-20-14-9-7-6-8-13(14)19(5-2)16(20)22/h6-9H,4-5,10-12H2,1-3H3,(H,17,21)/p+1. The van der Waals surface area contributed by atoms with E-state index in [1.54, 1.807) is 0 Å². The Hall–Kier alpha value is -1.66. The van der Waals surface area contributed by atoms with Crippen LogP contribution in [0.3, 0.4) is 0 Å². The van der Waals surface area contributed by atoms with Crippen LogP contribution in [-0.4, -0.2) is 35.2 Å². The largest absolute Gasteiger partial charge is 0.351 e. The van der Waals surface area contributed by atoms with Crippen molar-refractivity contribution in [1.29, 1.82) is 0 Å². The fourth-order valence-corrected chi connectivity index (χ4v) is 3.05. The molecule has 120 valence electrons. The fourth-order valence-electron chi connectivity index (χ4n) is 2.66. The van der Waals surface area contributed by atoms with E-state index in [-0.39, 0.29) is 5.91 Å². The van der Waals surface area contributed by atoms with Crippen LogP contribution in [0.25, 0.3) is 11.0 Å². The maximum Gasteiger partial charge on any atom is 0.275 e. The van der Waals surface area contributed by atoms with Crippen molar-refractivity contribution in [2.75, 3.05) is 20.1 Å². The minimum Gasteiger partial charge on any atom is -0.351 e. The van der Waals surface area contributed by atoms with E-state index in [0.717, 1.165) is 40.2 Å². The summed E-state index contributed by atoms with van der Waals surface area (Å²) in [6.45, 7) is 6.87. The van der Waals surface area contributed by atoms with Gasteiger partial charge in [0.05, 0.1) is 18.1 Å². The zero-order valence-electron chi connectivity index (χ0n) is 13.6. The normalized spacial score (nSPS) is 12.5. The number of imidazole rings is 1. The highest BCUT2D eigenvalue weighted by Gasteiger charge is 2.14. The highest BCUT2D eigenvalue weighted by molar-refractivity contribution is 7.71. The predicted octanol–water partition coefficient (Wildman–Crippen LogP) is 1.19. The third kappa shape index (κ3) is 3.56. The lowest BCUT2D eigenvalue weighted by atomic mass is 10.3. The minimum atomic E-state index is 0.0881. The average Bonchev–Trinajstić information content (AvgIpc) is 2.77. The molecule has 1 aromatic carbocycles. The van der Waals surface area contributed by atoms with Crippen LogP contribution in [-0.2, 0) is 18.0 Å². The van der Waals surface area contributed by atoms with E-state index in [1.165, 1.54) is 0 Å². The number of carbonyl (C=O) groups excluding carboxylic acids is 1. The SMILES string of the molecule is CCCNC(=O)C[NH+](C)Cn1c(=S)n(CC)c2ccccc21. The van der Waals surface area contributed by atoms with E-state index in [0.29, 0.717) is 13.2 Å². The number of rotatable bonds is 7. The molecule has 1 heterocycles. The Kier molecular flexibility index (Phi) is 5.74. The van der Waals surface area contributed by atoms with Crippen molar-refractivity contribution in [1.82, 2.24) is 14.5 Å². The Balaban J connectivity index is 2.19. The summed E-state index contributed by atoms with van der Waals surface area (Å²) in [5.74, 6) is 0.0881. The maximum atomic E-state index is 11.8. The van der Waals surface area contributed by atoms with Gasteiger partial charge < -0.3 is 14.8 Å². The molecule has 1 amide bonds. The molecule has 1 unspecified atom stereocenters. The number of quaternary nitrogens is 1. The van der Waals surface area contributed by atoms with Crippen LogP contribution in [0.1, 0.15) is 20.3 Å². The average molecular weight is 321 g/mol. The number of nitrogens with one attached hydrogen (secondary N) is 2. The Labute approximate surface area is 136 Å². The van der Waals surface area contributed by atoms with Crippen molar-refractivity contribution in [2.24, 2.45) is 0 Å². The minimum absolute atomic E-state index is 0.0881. The summed E-state index contributed by atoms with van der Waals surface area (Å²) in [5, 5.41) is 2.92. The first-order chi connectivity index (χ1) is 10.6. The summed E-state index contributed by atoms with van der Waals surface area (Å²) in [4.78, 5) is 13.0. The molecule has 1 aromatic heterocycles. The van der Waals surface area contributed by atoms with Crippen molar-refractivity contribution in [3.63, 3.8) is 0 Å². The third-order valence-electron chi connectivity index (χ3n) is 3.70. The second kappa shape index (κ2) is 7.56. The van der Waals surface area contributed by atoms with Gasteiger partial charge in [0.25, 0.3) is 5.91 Å². The number of likely N-dealkylation sites (N-methyl/N-ethyl adjacent to an activating group) is 1. The molecule has 2 aromatic rings. The van der Waals surface area contributed by atoms with Gasteiger partial charge >= 0.3 is 0 Å². The molecule has 1 atom stereocenters. The van der Waals surface area contributed by atoms with Gasteiger partial charge in [-0.3, -0.25) is 9.36 Å². The summed E-state index contributed by atoms with van der Waals surface area (Å²) >= 11 is 5.61. The zero-order valence-corrected chi connectivity index (χ0v) is 14.4. The van der Waals surface area contributed by atoms with Gasteiger partial charge in [-0.05, 0) is 37.7 Å². The van der Waals surface area contributed by atoms with E-state index in [4.69, 9.17) is 12.2 Å². The van der Waals surface area contributed by atoms with Gasteiger partial charge in [0.15, 0.2) is 18.0 Å². The molecule has 6 heteroatoms. The van der Waals surface area contributed by atoms with Crippen LogP contribution in [0.5, 0.6) is 0 Å². The van der Waals surface area contributed by atoms with Crippen molar-refractivity contribution >= 4 is 29.2 Å². The molecule has 0 spiro atoms. The number of amides is 1. The molecule has 0 saturated heterocycles. The van der Waals surface area contributed by atoms with Crippen molar-refractivity contribution in [3.8, 4) is 0 Å². The molecule has 0 aliphatic rings. The molecule has 5 nitrogen and oxygen atoms in total. The summed E-state index contributed by atoms with van der Waals surface area (Å²) in [6, 6.07) is 8.23. The molecule has 0 radical (unpaired) electrons. The number of hydrogen-bond acceptors (Lipinski definition) is 2. The first kappa shape index (κ1) is 16.7. The van der Waals surface area contributed by atoms with E-state index >= 15 is 0 Å². The summed E-state index contributed by atoms with van der Waals surface area (Å²) in [5.41, 5.74) is 2.28. The fraction of sp³-hybridized carbons (Fsp3) is 0.500. The van der Waals surface area contributed by atoms with Crippen LogP contribution < -0.4 is 10.2 Å². The molecule has 0 bridgehead atoms. The van der Waals surface area contributed by atoms with Crippen molar-refractivity contribution in [2.45, 2.75) is 33.5 Å². The second-order valence-electron chi connectivity index (χ2n) is 5.59. The number of hydrogen-bond donors (Lipinski definition) is 2. The van der Waals surface area contributed by atoms with Gasteiger partial charge in [-0.15, -0.1) is 0 Å². The molecular formula is C16H25N4OS+. The molecule has 0 saturated carbocycles. The number of fused-ring (bicyclic) bond motifs is 1. The lowest BCUT2D eigenvalue weighted by Crippen LogP contribution is -3.09. The first-order valence-electron chi connectivity index (χ1n) is 7.84. The van der Waals surface area contributed by atoms with E-state index in [1.807, 2.05) is 19.2 Å². The Morgan fingerprint density at radius 1 is 1.23 bits per heavy atom. The molecule has 0 aliphatic carbocycles. The molecule has 2 N–H and O–H groups in total. The number of nitrogens with zero attached hydrogens (tertiary/aromatic N) is 2. The molecule has 0 aliphatic heterocycles. The number of aryl methyl sites for hydroxylation is 1. The van der Waals surface area contributed by atoms with E-state index in [9.17, 15) is 4.79 Å². The third-order valence-corrected chi connectivity index (χ3v) is 4.14. The number of carbonyl (C=O) groups is 1. The summed E-state index contributed by atoms with van der Waals surface area (Å²) < 4.78 is 5.07. The van der Waals surface area contributed by atoms with Gasteiger partial charge in [0.1, 0.15) is 0 Å². The van der Waals surface area contributed by atoms with Crippen LogP contribution in [0.15, 0.2) is 24.3 Å². The number of benzene rings is 1. The monoisotopic (exact) mass is 321 g/mol. The van der Waals surface area contributed by atoms with Crippen molar-refractivity contribution in [3.05, 3.63) is 29.0 Å². The van der Waals surface area contributed by atoms with Gasteiger partial charge in [0, 0.05) is 13.1 Å². The predicted molar refractivity (Wildman–Crippen MR) is 91.5 cm³/mol. The smallest absolute Gasteiger partial charge is 0.275 e. The molecular weight excluding hydrogens is 296 g/mol. The summed E-state index contributed by atoms with van der Waals surface area (Å²) in [7, 11) is 2.02. The first-order valence-corrected chi connectivity index (χ1v) is 8.25. The van der Waals surface area contributed by atoms with Crippen LogP contribution in [0.2, 0.25) is 0 Å². The Bertz CT molecular complexity index is 704. The maximum absolute atomic E-state index is 11.8. The second-order valence-corrected chi connectivity index (χ2v) is 5.95. The van der Waals surface area contributed by atoms with E-state index in [2.05, 4.69) is 40.4 Å². The highest BCUT2D eigenvalue weighted by atomic mass is 32.1. The van der Waals surface area contributed by atoms with Gasteiger partial charge in [-0.1, -0.05) is 19.1 Å². The lowest BCUT2D eigenvalue weighted by Gasteiger charge is -2.15. The van der Waals surface area contributed by atoms with Gasteiger partial charge in [-0.2, -0.15) is 0 Å².